The van der Waals surface area contributed by atoms with Gasteiger partial charge in [0.15, 0.2) is 11.6 Å². The van der Waals surface area contributed by atoms with Gasteiger partial charge in [-0.15, -0.1) is 0 Å². The fraction of sp³-hybridized carbons (Fsp3) is 0.860. The lowest BCUT2D eigenvalue weighted by molar-refractivity contribution is -0.295. The Morgan fingerprint density at radius 2 is 1.14 bits per heavy atom. The Morgan fingerprint density at radius 3 is 1.58 bits per heavy atom. The molecule has 7 rings (SSSR count). The van der Waals surface area contributed by atoms with Crippen LogP contribution in [0.5, 0.6) is 0 Å². The van der Waals surface area contributed by atoms with Crippen LogP contribution in [0.15, 0.2) is 0 Å². The van der Waals surface area contributed by atoms with Crippen LogP contribution in [0.25, 0.3) is 0 Å². The second-order valence-electron chi connectivity index (χ2n) is 19.8. The number of hydrogen-bond acceptors (Lipinski definition) is 18. The lowest BCUT2D eigenvalue weighted by Gasteiger charge is -2.41. The Hall–Kier alpha value is -3.24. The minimum atomic E-state index is -1.42. The predicted molar refractivity (Wildman–Crippen MR) is 221 cm³/mol. The van der Waals surface area contributed by atoms with Crippen molar-refractivity contribution in [2.45, 2.75) is 183 Å². The number of piperidine rings is 2. The molecule has 0 unspecified atom stereocenters. The van der Waals surface area contributed by atoms with E-state index in [1.807, 2.05) is 13.8 Å². The molecule has 0 radical (unpaired) electrons. The summed E-state index contributed by atoms with van der Waals surface area (Å²) in [5.41, 5.74) is 5.40. The smallest absolute Gasteiger partial charge is 0.289 e. The van der Waals surface area contributed by atoms with E-state index in [2.05, 4.69) is 11.4 Å². The molecular formula is C43H68N6O15. The third-order valence-electron chi connectivity index (χ3n) is 13.5. The number of amides is 3. The summed E-state index contributed by atoms with van der Waals surface area (Å²) in [6.07, 6.45) is -2.81. The Labute approximate surface area is 373 Å². The summed E-state index contributed by atoms with van der Waals surface area (Å²) in [6, 6.07) is 1.82. The lowest BCUT2D eigenvalue weighted by atomic mass is 9.89. The number of nitriles is 1. The highest BCUT2D eigenvalue weighted by molar-refractivity contribution is 6.36. The van der Waals surface area contributed by atoms with E-state index in [4.69, 9.17) is 34.2 Å². The van der Waals surface area contributed by atoms with E-state index >= 15 is 0 Å². The van der Waals surface area contributed by atoms with Gasteiger partial charge in [0.25, 0.3) is 11.8 Å². The van der Waals surface area contributed by atoms with Crippen molar-refractivity contribution in [3.63, 3.8) is 0 Å². The molecule has 0 aromatic rings. The monoisotopic (exact) mass is 908 g/mol. The van der Waals surface area contributed by atoms with Crippen LogP contribution in [0.2, 0.25) is 0 Å². The number of rotatable bonds is 11. The highest BCUT2D eigenvalue weighted by atomic mass is 16.9. The number of carbonyl (C=O) groups is 5. The number of carbonyl (C=O) groups excluding carboxylic acids is 5. The van der Waals surface area contributed by atoms with Gasteiger partial charge < -0.3 is 74.6 Å². The summed E-state index contributed by atoms with van der Waals surface area (Å²) < 4.78 is 34.6. The fourth-order valence-electron chi connectivity index (χ4n) is 9.59. The van der Waals surface area contributed by atoms with Crippen LogP contribution in [0, 0.1) is 11.3 Å². The topological polar surface area (TPSA) is 293 Å². The Bertz CT molecular complexity index is 1790. The minimum Gasteiger partial charge on any atom is -0.388 e. The highest BCUT2D eigenvalue weighted by Gasteiger charge is 2.62. The number of nitrogens with zero attached hydrogens (tertiary/aromatic N) is 4. The molecule has 7 aliphatic heterocycles. The normalized spacial score (nSPS) is 35.9. The molecule has 7 heterocycles. The zero-order valence-electron chi connectivity index (χ0n) is 37.9. The molecule has 0 bridgehead atoms. The number of ether oxygens (including phenoxy) is 6. The molecule has 21 heteroatoms. The first kappa shape index (κ1) is 50.2. The Morgan fingerprint density at radius 1 is 0.703 bits per heavy atom. The van der Waals surface area contributed by atoms with Crippen LogP contribution in [0.3, 0.4) is 0 Å². The number of aliphatic hydroxyl groups excluding tert-OH is 4. The standard InChI is InChI=1S/C25H38N4O8.C18H30N2O7/c1-23(2)36-21-20(33)18(31)15-35-25(21,37-23)7-6-17(30)22(34)28-11-8-24(3,9-12-28)27-14-19(32)29-10-4-5-16(29)13-26;1-16(2)26-14-13(23)12(22)10-25-18(14,27-16)5-4-11(21)15(24)20-8-6-17(3,19)7-9-20/h16,18,20-21,27,31,33H,4-12,14-15H2,1-3H3;12-14,22-23H,4-10,19H2,1-3H3/t16-,18+,20+,21-,25-;12-,13-,14+,18+/m01/s1. The third-order valence-corrected chi connectivity index (χ3v) is 13.5. The molecule has 0 saturated carbocycles. The van der Waals surface area contributed by atoms with Crippen LogP contribution in [0.1, 0.15) is 106 Å². The molecule has 360 valence electrons. The number of likely N-dealkylation sites (tertiary alicyclic amines) is 3. The first-order valence-corrected chi connectivity index (χ1v) is 22.5. The quantitative estimate of drug-likeness (QED) is 0.131. The van der Waals surface area contributed by atoms with Crippen LogP contribution in [-0.2, 0) is 52.4 Å². The zero-order chi connectivity index (χ0) is 47.0. The van der Waals surface area contributed by atoms with Gasteiger partial charge in [0.1, 0.15) is 42.7 Å². The van der Waals surface area contributed by atoms with Crippen molar-refractivity contribution in [3.8, 4) is 6.07 Å². The summed E-state index contributed by atoms with van der Waals surface area (Å²) in [5, 5.41) is 53.0. The molecule has 21 nitrogen and oxygen atoms in total. The highest BCUT2D eigenvalue weighted by Crippen LogP contribution is 2.46. The van der Waals surface area contributed by atoms with Gasteiger partial charge in [-0.1, -0.05) is 0 Å². The Kier molecular flexibility index (Phi) is 15.0. The lowest BCUT2D eigenvalue weighted by Crippen LogP contribution is -2.59. The van der Waals surface area contributed by atoms with E-state index in [0.717, 1.165) is 6.42 Å². The maximum atomic E-state index is 12.9. The molecule has 3 amide bonds. The van der Waals surface area contributed by atoms with Crippen molar-refractivity contribution in [1.29, 1.82) is 5.26 Å². The molecule has 7 fully saturated rings. The summed E-state index contributed by atoms with van der Waals surface area (Å²) in [5.74, 6) is -7.26. The molecule has 9 atom stereocenters. The number of ketones is 2. The number of aliphatic hydroxyl groups is 4. The summed E-state index contributed by atoms with van der Waals surface area (Å²) in [6.45, 7) is 12.6. The number of nitrogens with one attached hydrogen (secondary N) is 1. The van der Waals surface area contributed by atoms with Crippen LogP contribution in [-0.4, -0.2) is 194 Å². The van der Waals surface area contributed by atoms with Crippen molar-refractivity contribution in [1.82, 2.24) is 20.0 Å². The second kappa shape index (κ2) is 19.2. The van der Waals surface area contributed by atoms with Gasteiger partial charge >= 0.3 is 0 Å². The van der Waals surface area contributed by atoms with E-state index in [0.29, 0.717) is 64.8 Å². The molecule has 0 aliphatic carbocycles. The first-order chi connectivity index (χ1) is 29.8. The maximum Gasteiger partial charge on any atom is 0.289 e. The van der Waals surface area contributed by atoms with Crippen molar-refractivity contribution in [2.75, 3.05) is 52.5 Å². The molecule has 64 heavy (non-hydrogen) atoms. The van der Waals surface area contributed by atoms with Gasteiger partial charge in [0.2, 0.25) is 29.0 Å². The molecule has 0 aromatic heterocycles. The molecular weight excluding hydrogens is 840 g/mol. The van der Waals surface area contributed by atoms with E-state index < -0.39 is 83.2 Å². The number of hydrogen-bond donors (Lipinski definition) is 6. The van der Waals surface area contributed by atoms with Crippen LogP contribution >= 0.6 is 0 Å². The SMILES string of the molecule is CC1(N)CCN(C(=O)C(=O)CC[C@@]23OC[C@@H](O)[C@@H](O)[C@@H]2OC(C)(C)O3)CC1.CC1(NCC(=O)N2CCC[C@H]2C#N)CCN(C(=O)C(=O)CC[C@@]23OC[C@@H](O)[C@@H](O)[C@@H]2OC(C)(C)O3)CC1. The van der Waals surface area contributed by atoms with E-state index in [1.165, 1.54) is 9.80 Å². The first-order valence-electron chi connectivity index (χ1n) is 22.5. The van der Waals surface area contributed by atoms with Gasteiger partial charge in [-0.25, -0.2) is 0 Å². The van der Waals surface area contributed by atoms with Crippen molar-refractivity contribution < 1.29 is 72.8 Å². The van der Waals surface area contributed by atoms with Gasteiger partial charge in [-0.2, -0.15) is 5.26 Å². The largest absolute Gasteiger partial charge is 0.388 e. The molecule has 0 aromatic carbocycles. The third kappa shape index (κ3) is 11.1. The molecule has 7 aliphatic rings. The van der Waals surface area contributed by atoms with Gasteiger partial charge in [-0.05, 0) is 80.1 Å². The van der Waals surface area contributed by atoms with Crippen molar-refractivity contribution in [3.05, 3.63) is 0 Å². The van der Waals surface area contributed by atoms with Gasteiger partial charge in [0, 0.05) is 69.5 Å². The van der Waals surface area contributed by atoms with E-state index in [-0.39, 0.29) is 68.5 Å². The minimum absolute atomic E-state index is 0.00483. The summed E-state index contributed by atoms with van der Waals surface area (Å²) >= 11 is 0. The molecule has 0 spiro atoms. The van der Waals surface area contributed by atoms with Crippen LogP contribution < -0.4 is 11.1 Å². The second-order valence-corrected chi connectivity index (χ2v) is 19.8. The van der Waals surface area contributed by atoms with Crippen molar-refractivity contribution >= 4 is 29.3 Å². The predicted octanol–water partition coefficient (Wildman–Crippen LogP) is -1.30. The van der Waals surface area contributed by atoms with E-state index in [9.17, 15) is 49.7 Å². The van der Waals surface area contributed by atoms with Gasteiger partial charge in [-0.3, -0.25) is 24.0 Å². The van der Waals surface area contributed by atoms with E-state index in [1.54, 1.807) is 32.6 Å². The van der Waals surface area contributed by atoms with Crippen LogP contribution in [0.4, 0.5) is 0 Å². The fourth-order valence-corrected chi connectivity index (χ4v) is 9.59. The number of Topliss-reactive ketones (excluding diaryl/α,β-unsaturated/α-hetero) is 2. The zero-order valence-corrected chi connectivity index (χ0v) is 37.9. The van der Waals surface area contributed by atoms with Crippen molar-refractivity contribution in [2.24, 2.45) is 5.73 Å². The van der Waals surface area contributed by atoms with Gasteiger partial charge in [0.05, 0.1) is 25.8 Å². The Balaban J connectivity index is 0.000000223. The molecule has 7 N–H and O–H groups in total. The average molecular weight is 909 g/mol. The number of fused-ring (bicyclic) bond motifs is 2. The summed E-state index contributed by atoms with van der Waals surface area (Å²) in [7, 11) is 0. The number of nitrogens with two attached hydrogens (primary N) is 1. The maximum absolute atomic E-state index is 12.9. The summed E-state index contributed by atoms with van der Waals surface area (Å²) in [4.78, 5) is 67.8. The molecule has 7 saturated heterocycles. The average Bonchev–Trinajstić information content (AvgIpc) is 3.93.